The van der Waals surface area contributed by atoms with Crippen LogP contribution in [0.3, 0.4) is 0 Å². The molecule has 1 atom stereocenters. The fourth-order valence-corrected chi connectivity index (χ4v) is 3.05. The van der Waals surface area contributed by atoms with Gasteiger partial charge in [0, 0.05) is 23.7 Å². The summed E-state index contributed by atoms with van der Waals surface area (Å²) in [7, 11) is 0. The third-order valence-electron chi connectivity index (χ3n) is 4.34. The Bertz CT molecular complexity index is 761. The Balaban J connectivity index is 0.00000225. The van der Waals surface area contributed by atoms with E-state index in [2.05, 4.69) is 10.6 Å². The molecule has 0 aliphatic carbocycles. The minimum atomic E-state index is -0.487. The summed E-state index contributed by atoms with van der Waals surface area (Å²) in [5, 5.41) is 6.15. The van der Waals surface area contributed by atoms with Gasteiger partial charge in [-0.2, -0.15) is 0 Å². The average Bonchev–Trinajstić information content (AvgIpc) is 2.56. The van der Waals surface area contributed by atoms with E-state index in [-0.39, 0.29) is 30.2 Å². The maximum atomic E-state index is 14.5. The normalized spacial score (nSPS) is 16.8. The zero-order chi connectivity index (χ0) is 17.1. The highest BCUT2D eigenvalue weighted by molar-refractivity contribution is 5.95. The van der Waals surface area contributed by atoms with Crippen molar-refractivity contribution in [3.8, 4) is 11.1 Å². The van der Waals surface area contributed by atoms with Crippen molar-refractivity contribution in [1.82, 2.24) is 10.6 Å². The van der Waals surface area contributed by atoms with Gasteiger partial charge in [0.2, 0.25) is 0 Å². The summed E-state index contributed by atoms with van der Waals surface area (Å²) in [6.07, 6.45) is 1.94. The Morgan fingerprint density at radius 2 is 1.92 bits per heavy atom. The van der Waals surface area contributed by atoms with Crippen LogP contribution in [0.5, 0.6) is 0 Å². The fourth-order valence-electron chi connectivity index (χ4n) is 3.05. The Hall–Kier alpha value is -1.98. The molecule has 0 bridgehead atoms. The molecule has 1 heterocycles. The molecule has 0 aromatic heterocycles. The van der Waals surface area contributed by atoms with Crippen LogP contribution in [0.25, 0.3) is 11.1 Å². The molecule has 0 radical (unpaired) electrons. The van der Waals surface area contributed by atoms with Crippen LogP contribution in [0.4, 0.5) is 8.78 Å². The molecule has 1 fully saturated rings. The summed E-state index contributed by atoms with van der Waals surface area (Å²) < 4.78 is 27.7. The fraction of sp³-hybridized carbons (Fsp3) is 0.316. The van der Waals surface area contributed by atoms with E-state index >= 15 is 0 Å². The van der Waals surface area contributed by atoms with Gasteiger partial charge in [0.15, 0.2) is 0 Å². The Kier molecular flexibility index (Phi) is 6.51. The largest absolute Gasteiger partial charge is 0.348 e. The van der Waals surface area contributed by atoms with E-state index in [9.17, 15) is 13.6 Å². The molecule has 0 spiro atoms. The zero-order valence-corrected chi connectivity index (χ0v) is 14.8. The van der Waals surface area contributed by atoms with Crippen LogP contribution < -0.4 is 10.6 Å². The first-order valence-electron chi connectivity index (χ1n) is 8.12. The van der Waals surface area contributed by atoms with Crippen molar-refractivity contribution >= 4 is 18.3 Å². The molecule has 1 unspecified atom stereocenters. The van der Waals surface area contributed by atoms with Crippen molar-refractivity contribution < 1.29 is 13.6 Å². The van der Waals surface area contributed by atoms with E-state index in [1.54, 1.807) is 25.1 Å². The van der Waals surface area contributed by atoms with Crippen molar-refractivity contribution in [3.05, 3.63) is 59.2 Å². The second-order valence-corrected chi connectivity index (χ2v) is 6.17. The number of carbonyl (C=O) groups excluding carboxylic acids is 1. The molecule has 6 heteroatoms. The van der Waals surface area contributed by atoms with E-state index < -0.39 is 5.82 Å². The molecule has 2 aromatic rings. The van der Waals surface area contributed by atoms with Gasteiger partial charge in [0.25, 0.3) is 5.91 Å². The van der Waals surface area contributed by atoms with Gasteiger partial charge in [-0.3, -0.25) is 4.79 Å². The summed E-state index contributed by atoms with van der Waals surface area (Å²) in [6.45, 7) is 3.43. The lowest BCUT2D eigenvalue weighted by atomic mass is 9.98. The molecule has 25 heavy (non-hydrogen) atoms. The van der Waals surface area contributed by atoms with Crippen LogP contribution in [-0.4, -0.2) is 25.0 Å². The van der Waals surface area contributed by atoms with Gasteiger partial charge in [0.05, 0.1) is 0 Å². The van der Waals surface area contributed by atoms with Gasteiger partial charge in [0.1, 0.15) is 11.6 Å². The number of rotatable bonds is 3. The SMILES string of the molecule is Cc1cc(F)ccc1-c1ccc(C(=O)NC2CCCNC2)cc1F.Cl. The van der Waals surface area contributed by atoms with E-state index in [1.165, 1.54) is 18.2 Å². The van der Waals surface area contributed by atoms with Gasteiger partial charge in [-0.05, 0) is 61.7 Å². The Labute approximate surface area is 152 Å². The first kappa shape index (κ1) is 19.3. The van der Waals surface area contributed by atoms with Gasteiger partial charge >= 0.3 is 0 Å². The van der Waals surface area contributed by atoms with Crippen molar-refractivity contribution in [2.24, 2.45) is 0 Å². The highest BCUT2D eigenvalue weighted by Crippen LogP contribution is 2.27. The number of halogens is 3. The lowest BCUT2D eigenvalue weighted by Gasteiger charge is -2.23. The molecule has 134 valence electrons. The Morgan fingerprint density at radius 3 is 2.56 bits per heavy atom. The summed E-state index contributed by atoms with van der Waals surface area (Å²) in [6, 6.07) is 8.72. The van der Waals surface area contributed by atoms with Crippen molar-refractivity contribution in [1.29, 1.82) is 0 Å². The maximum Gasteiger partial charge on any atom is 0.251 e. The molecular formula is C19H21ClF2N2O. The van der Waals surface area contributed by atoms with Crippen molar-refractivity contribution in [3.63, 3.8) is 0 Å². The number of aryl methyl sites for hydroxylation is 1. The Morgan fingerprint density at radius 1 is 1.16 bits per heavy atom. The van der Waals surface area contributed by atoms with Gasteiger partial charge in [-0.15, -0.1) is 12.4 Å². The highest BCUT2D eigenvalue weighted by atomic mass is 35.5. The minimum absolute atomic E-state index is 0. The predicted octanol–water partition coefficient (Wildman–Crippen LogP) is 3.84. The molecule has 3 rings (SSSR count). The number of benzene rings is 2. The molecule has 1 amide bonds. The summed E-state index contributed by atoms with van der Waals surface area (Å²) in [5.41, 5.74) is 1.93. The first-order valence-corrected chi connectivity index (χ1v) is 8.12. The van der Waals surface area contributed by atoms with E-state index in [0.29, 0.717) is 22.3 Å². The summed E-state index contributed by atoms with van der Waals surface area (Å²) in [5.74, 6) is -1.11. The number of amides is 1. The van der Waals surface area contributed by atoms with Crippen LogP contribution in [0.2, 0.25) is 0 Å². The smallest absolute Gasteiger partial charge is 0.251 e. The molecule has 2 aromatic carbocycles. The molecule has 1 aliphatic rings. The van der Waals surface area contributed by atoms with Crippen LogP contribution in [0.15, 0.2) is 36.4 Å². The average molecular weight is 367 g/mol. The van der Waals surface area contributed by atoms with Crippen LogP contribution in [-0.2, 0) is 0 Å². The lowest BCUT2D eigenvalue weighted by Crippen LogP contribution is -2.45. The van der Waals surface area contributed by atoms with Gasteiger partial charge in [-0.1, -0.05) is 12.1 Å². The topological polar surface area (TPSA) is 41.1 Å². The highest BCUT2D eigenvalue weighted by Gasteiger charge is 2.18. The molecule has 1 aliphatic heterocycles. The number of carbonyl (C=O) groups is 1. The van der Waals surface area contributed by atoms with Gasteiger partial charge in [-0.25, -0.2) is 8.78 Å². The minimum Gasteiger partial charge on any atom is -0.348 e. The van der Waals surface area contributed by atoms with Crippen LogP contribution >= 0.6 is 12.4 Å². The molecule has 3 nitrogen and oxygen atoms in total. The predicted molar refractivity (Wildman–Crippen MR) is 97.1 cm³/mol. The first-order chi connectivity index (χ1) is 11.5. The standard InChI is InChI=1S/C19H20F2N2O.ClH/c1-12-9-14(20)5-7-16(12)17-6-4-13(10-18(17)21)19(24)23-15-3-2-8-22-11-15;/h4-7,9-10,15,22H,2-3,8,11H2,1H3,(H,23,24);1H. The number of nitrogens with one attached hydrogen (secondary N) is 2. The second-order valence-electron chi connectivity index (χ2n) is 6.17. The van der Waals surface area contributed by atoms with Gasteiger partial charge < -0.3 is 10.6 Å². The number of hydrogen-bond acceptors (Lipinski definition) is 2. The van der Waals surface area contributed by atoms with Crippen LogP contribution in [0, 0.1) is 18.6 Å². The number of hydrogen-bond donors (Lipinski definition) is 2. The molecular weight excluding hydrogens is 346 g/mol. The maximum absolute atomic E-state index is 14.5. The zero-order valence-electron chi connectivity index (χ0n) is 13.9. The van der Waals surface area contributed by atoms with E-state index in [1.807, 2.05) is 0 Å². The van der Waals surface area contributed by atoms with Crippen LogP contribution in [0.1, 0.15) is 28.8 Å². The number of piperidine rings is 1. The monoisotopic (exact) mass is 366 g/mol. The summed E-state index contributed by atoms with van der Waals surface area (Å²) >= 11 is 0. The molecule has 0 saturated carbocycles. The summed E-state index contributed by atoms with van der Waals surface area (Å²) in [4.78, 5) is 12.3. The van der Waals surface area contributed by atoms with Crippen molar-refractivity contribution in [2.75, 3.05) is 13.1 Å². The van der Waals surface area contributed by atoms with E-state index in [4.69, 9.17) is 0 Å². The third-order valence-corrected chi connectivity index (χ3v) is 4.34. The molecule has 1 saturated heterocycles. The quantitative estimate of drug-likeness (QED) is 0.866. The lowest BCUT2D eigenvalue weighted by molar-refractivity contribution is 0.0930. The third kappa shape index (κ3) is 4.55. The van der Waals surface area contributed by atoms with E-state index in [0.717, 1.165) is 25.9 Å². The van der Waals surface area contributed by atoms with Crippen molar-refractivity contribution in [2.45, 2.75) is 25.8 Å². The molecule has 2 N–H and O–H groups in total. The second kappa shape index (κ2) is 8.41.